The molecule has 19 heavy (non-hydrogen) atoms. The number of aryl methyl sites for hydroxylation is 1. The van der Waals surface area contributed by atoms with Crippen LogP contribution in [0.25, 0.3) is 11.5 Å². The normalized spacial score (nSPS) is 10.8. The minimum absolute atomic E-state index is 0.763. The number of aromatic nitrogens is 4. The van der Waals surface area contributed by atoms with Crippen LogP contribution in [0.5, 0.6) is 0 Å². The molecule has 0 aliphatic rings. The second kappa shape index (κ2) is 5.01. The largest absolute Gasteiger partial charge is 0.290 e. The van der Waals surface area contributed by atoms with Gasteiger partial charge in [-0.3, -0.25) is 4.57 Å². The molecule has 2 heterocycles. The molecule has 0 saturated heterocycles. The number of benzene rings is 1. The molecule has 0 aliphatic heterocycles. The number of hydrogen-bond acceptors (Lipinski definition) is 2. The van der Waals surface area contributed by atoms with Crippen molar-refractivity contribution in [3.05, 3.63) is 60.3 Å². The number of halogens is 1. The lowest BCUT2D eigenvalue weighted by atomic mass is 10.2. The van der Waals surface area contributed by atoms with E-state index >= 15 is 0 Å². The average molecular weight is 317 g/mol. The van der Waals surface area contributed by atoms with Gasteiger partial charge in [-0.25, -0.2) is 9.67 Å². The predicted octanol–water partition coefficient (Wildman–Crippen LogP) is 3.26. The Labute approximate surface area is 119 Å². The van der Waals surface area contributed by atoms with E-state index in [2.05, 4.69) is 26.0 Å². The van der Waals surface area contributed by atoms with Crippen LogP contribution < -0.4 is 0 Å². The first-order valence-corrected chi connectivity index (χ1v) is 7.11. The second-order valence-electron chi connectivity index (χ2n) is 4.24. The van der Waals surface area contributed by atoms with Gasteiger partial charge in [0.25, 0.3) is 0 Å². The lowest BCUT2D eigenvalue weighted by Gasteiger charge is -2.09. The average Bonchev–Trinajstić information content (AvgIpc) is 3.06. The number of nitrogens with zero attached hydrogens (tertiary/aromatic N) is 4. The van der Waals surface area contributed by atoms with Crippen LogP contribution in [0.1, 0.15) is 11.3 Å². The van der Waals surface area contributed by atoms with Gasteiger partial charge in [0.2, 0.25) is 0 Å². The smallest absolute Gasteiger partial charge is 0.146 e. The van der Waals surface area contributed by atoms with E-state index in [1.807, 2.05) is 52.7 Å². The monoisotopic (exact) mass is 316 g/mol. The lowest BCUT2D eigenvalue weighted by Crippen LogP contribution is -2.05. The highest BCUT2D eigenvalue weighted by Gasteiger charge is 2.16. The van der Waals surface area contributed by atoms with Crippen molar-refractivity contribution in [2.24, 2.45) is 0 Å². The van der Waals surface area contributed by atoms with Crippen LogP contribution in [-0.2, 0) is 5.33 Å². The fourth-order valence-corrected chi connectivity index (χ4v) is 2.76. The lowest BCUT2D eigenvalue weighted by molar-refractivity contribution is 0.810. The minimum atomic E-state index is 0.763. The van der Waals surface area contributed by atoms with E-state index in [1.54, 1.807) is 12.5 Å². The van der Waals surface area contributed by atoms with Crippen molar-refractivity contribution >= 4 is 15.9 Å². The maximum absolute atomic E-state index is 4.65. The molecule has 0 fully saturated rings. The molecule has 1 aromatic carbocycles. The predicted molar refractivity (Wildman–Crippen MR) is 78.1 cm³/mol. The van der Waals surface area contributed by atoms with Crippen molar-refractivity contribution in [1.29, 1.82) is 0 Å². The van der Waals surface area contributed by atoms with Gasteiger partial charge in [0.1, 0.15) is 12.1 Å². The summed E-state index contributed by atoms with van der Waals surface area (Å²) in [5, 5.41) is 5.41. The fourth-order valence-electron chi connectivity index (χ4n) is 2.10. The standard InChI is InChI=1S/C14H13BrN4/c1-11-13(9-15)14(18-8-7-16-10-18)19(17-11)12-5-3-2-4-6-12/h2-8,10H,9H2,1H3. The third-order valence-corrected chi connectivity index (χ3v) is 3.60. The molecule has 0 unspecified atom stereocenters. The van der Waals surface area contributed by atoms with Crippen LogP contribution in [0.4, 0.5) is 0 Å². The zero-order valence-electron chi connectivity index (χ0n) is 10.5. The summed E-state index contributed by atoms with van der Waals surface area (Å²) >= 11 is 3.54. The number of alkyl halides is 1. The van der Waals surface area contributed by atoms with Crippen LogP contribution >= 0.6 is 15.9 Å². The molecule has 0 N–H and O–H groups in total. The van der Waals surface area contributed by atoms with Crippen molar-refractivity contribution in [3.63, 3.8) is 0 Å². The first-order chi connectivity index (χ1) is 9.31. The van der Waals surface area contributed by atoms with E-state index < -0.39 is 0 Å². The zero-order valence-corrected chi connectivity index (χ0v) is 12.1. The highest BCUT2D eigenvalue weighted by atomic mass is 79.9. The van der Waals surface area contributed by atoms with Crippen LogP contribution in [-0.4, -0.2) is 19.3 Å². The maximum atomic E-state index is 4.65. The van der Waals surface area contributed by atoms with Gasteiger partial charge >= 0.3 is 0 Å². The van der Waals surface area contributed by atoms with Crippen LogP contribution in [0.2, 0.25) is 0 Å². The molecule has 0 amide bonds. The zero-order chi connectivity index (χ0) is 13.2. The topological polar surface area (TPSA) is 35.6 Å². The van der Waals surface area contributed by atoms with Crippen molar-refractivity contribution in [2.45, 2.75) is 12.3 Å². The highest BCUT2D eigenvalue weighted by molar-refractivity contribution is 9.08. The third kappa shape index (κ3) is 2.10. The van der Waals surface area contributed by atoms with Gasteiger partial charge < -0.3 is 0 Å². The van der Waals surface area contributed by atoms with Crippen molar-refractivity contribution in [1.82, 2.24) is 19.3 Å². The summed E-state index contributed by atoms with van der Waals surface area (Å²) in [5.74, 6) is 1.03. The summed E-state index contributed by atoms with van der Waals surface area (Å²) in [5.41, 5.74) is 3.23. The minimum Gasteiger partial charge on any atom is -0.290 e. The summed E-state index contributed by atoms with van der Waals surface area (Å²) < 4.78 is 3.94. The van der Waals surface area contributed by atoms with Gasteiger partial charge in [-0.1, -0.05) is 34.1 Å². The van der Waals surface area contributed by atoms with Crippen molar-refractivity contribution < 1.29 is 0 Å². The number of para-hydroxylation sites is 1. The van der Waals surface area contributed by atoms with Gasteiger partial charge in [-0.15, -0.1) is 0 Å². The Morgan fingerprint density at radius 3 is 2.63 bits per heavy atom. The molecule has 0 bridgehead atoms. The number of rotatable bonds is 3. The molecular formula is C14H13BrN4. The molecule has 0 spiro atoms. The Hall–Kier alpha value is -1.88. The molecule has 0 radical (unpaired) electrons. The summed E-state index contributed by atoms with van der Waals surface area (Å²) in [7, 11) is 0. The quantitative estimate of drug-likeness (QED) is 0.695. The van der Waals surface area contributed by atoms with Crippen LogP contribution in [0, 0.1) is 6.92 Å². The summed E-state index contributed by atoms with van der Waals surface area (Å²) in [6.45, 7) is 2.02. The van der Waals surface area contributed by atoms with Gasteiger partial charge in [0.05, 0.1) is 11.4 Å². The first kappa shape index (κ1) is 12.2. The summed E-state index contributed by atoms with van der Waals surface area (Å²) in [4.78, 5) is 4.12. The highest BCUT2D eigenvalue weighted by Crippen LogP contribution is 2.24. The van der Waals surface area contributed by atoms with Crippen LogP contribution in [0.15, 0.2) is 49.1 Å². The van der Waals surface area contributed by atoms with E-state index in [4.69, 9.17) is 0 Å². The molecular weight excluding hydrogens is 304 g/mol. The van der Waals surface area contributed by atoms with E-state index in [0.717, 1.165) is 22.5 Å². The molecule has 5 heteroatoms. The molecule has 3 rings (SSSR count). The maximum Gasteiger partial charge on any atom is 0.146 e. The Bertz CT molecular complexity index is 671. The molecule has 0 atom stereocenters. The van der Waals surface area contributed by atoms with E-state index in [9.17, 15) is 0 Å². The Morgan fingerprint density at radius 2 is 2.00 bits per heavy atom. The third-order valence-electron chi connectivity index (χ3n) is 3.04. The summed E-state index contributed by atoms with van der Waals surface area (Å²) in [6.07, 6.45) is 5.50. The van der Waals surface area contributed by atoms with Gasteiger partial charge in [0.15, 0.2) is 0 Å². The molecule has 96 valence electrons. The van der Waals surface area contributed by atoms with Crippen LogP contribution in [0.3, 0.4) is 0 Å². The molecule has 2 aromatic heterocycles. The Morgan fingerprint density at radius 1 is 1.21 bits per heavy atom. The SMILES string of the molecule is Cc1nn(-c2ccccc2)c(-n2ccnc2)c1CBr. The Kier molecular flexibility index (Phi) is 3.21. The molecule has 0 aliphatic carbocycles. The fraction of sp³-hybridized carbons (Fsp3) is 0.143. The van der Waals surface area contributed by atoms with E-state index in [-0.39, 0.29) is 0 Å². The van der Waals surface area contributed by atoms with E-state index in [0.29, 0.717) is 0 Å². The van der Waals surface area contributed by atoms with Gasteiger partial charge in [0, 0.05) is 23.3 Å². The first-order valence-electron chi connectivity index (χ1n) is 5.99. The molecule has 3 aromatic rings. The molecule has 4 nitrogen and oxygen atoms in total. The second-order valence-corrected chi connectivity index (χ2v) is 4.80. The molecule has 0 saturated carbocycles. The number of hydrogen-bond donors (Lipinski definition) is 0. The van der Waals surface area contributed by atoms with Crippen molar-refractivity contribution in [3.8, 4) is 11.5 Å². The van der Waals surface area contributed by atoms with Gasteiger partial charge in [-0.2, -0.15) is 5.10 Å². The van der Waals surface area contributed by atoms with Crippen molar-refractivity contribution in [2.75, 3.05) is 0 Å². The van der Waals surface area contributed by atoms with E-state index in [1.165, 1.54) is 5.56 Å². The number of imidazole rings is 1. The summed E-state index contributed by atoms with van der Waals surface area (Å²) in [6, 6.07) is 10.1. The van der Waals surface area contributed by atoms with Gasteiger partial charge in [-0.05, 0) is 19.1 Å². The Balaban J connectivity index is 2.26.